The van der Waals surface area contributed by atoms with Crippen molar-refractivity contribution in [1.29, 1.82) is 0 Å². The van der Waals surface area contributed by atoms with Crippen LogP contribution in [0.2, 0.25) is 0 Å². The highest BCUT2D eigenvalue weighted by Crippen LogP contribution is 2.38. The minimum atomic E-state index is 0.283. The Kier molecular flexibility index (Phi) is 3.46. The van der Waals surface area contributed by atoms with Crippen LogP contribution in [-0.4, -0.2) is 12.9 Å². The first kappa shape index (κ1) is 12.9. The number of Topliss-reactive ketones (excluding diaryl/α,β-unsaturated/α-hetero) is 1. The molecule has 0 spiro atoms. The molecule has 1 saturated carbocycles. The van der Waals surface area contributed by atoms with E-state index in [1.807, 2.05) is 30.3 Å². The maximum atomic E-state index is 12.0. The molecule has 2 aromatic rings. The Morgan fingerprint density at radius 1 is 1.32 bits per heavy atom. The van der Waals surface area contributed by atoms with Gasteiger partial charge in [-0.2, -0.15) is 0 Å². The zero-order valence-corrected chi connectivity index (χ0v) is 12.9. The fourth-order valence-electron chi connectivity index (χ4n) is 1.99. The molecule has 0 N–H and O–H groups in total. The SMILES string of the molecule is COc1cc(-c2ccc(C(=O)C3CC3)s2)ccc1Br. The van der Waals surface area contributed by atoms with Crippen LogP contribution >= 0.6 is 27.3 Å². The van der Waals surface area contributed by atoms with Gasteiger partial charge in [0.2, 0.25) is 0 Å². The summed E-state index contributed by atoms with van der Waals surface area (Å²) in [5.41, 5.74) is 1.08. The van der Waals surface area contributed by atoms with Crippen LogP contribution in [0.5, 0.6) is 5.75 Å². The Morgan fingerprint density at radius 2 is 2.11 bits per heavy atom. The molecule has 1 aromatic carbocycles. The summed E-state index contributed by atoms with van der Waals surface area (Å²) >= 11 is 5.01. The summed E-state index contributed by atoms with van der Waals surface area (Å²) in [5.74, 6) is 1.40. The predicted octanol–water partition coefficient (Wildman–Crippen LogP) is 4.78. The van der Waals surface area contributed by atoms with Crippen molar-refractivity contribution < 1.29 is 9.53 Å². The van der Waals surface area contributed by atoms with Crippen molar-refractivity contribution in [2.24, 2.45) is 5.92 Å². The highest BCUT2D eigenvalue weighted by Gasteiger charge is 2.31. The number of thiophene rings is 1. The summed E-state index contributed by atoms with van der Waals surface area (Å²) in [5, 5.41) is 0. The molecule has 0 unspecified atom stereocenters. The van der Waals surface area contributed by atoms with Crippen LogP contribution in [0.3, 0.4) is 0 Å². The molecule has 1 fully saturated rings. The fraction of sp³-hybridized carbons (Fsp3) is 0.267. The van der Waals surface area contributed by atoms with Gasteiger partial charge in [0, 0.05) is 10.8 Å². The van der Waals surface area contributed by atoms with E-state index in [9.17, 15) is 4.79 Å². The van der Waals surface area contributed by atoms with Crippen LogP contribution in [0.4, 0.5) is 0 Å². The van der Waals surface area contributed by atoms with Crippen molar-refractivity contribution >= 4 is 33.0 Å². The highest BCUT2D eigenvalue weighted by molar-refractivity contribution is 9.10. The fourth-order valence-corrected chi connectivity index (χ4v) is 3.41. The van der Waals surface area contributed by atoms with E-state index in [-0.39, 0.29) is 5.92 Å². The molecule has 1 aromatic heterocycles. The first-order valence-corrected chi connectivity index (χ1v) is 7.78. The molecule has 98 valence electrons. The molecule has 0 atom stereocenters. The minimum Gasteiger partial charge on any atom is -0.496 e. The molecule has 0 bridgehead atoms. The Morgan fingerprint density at radius 3 is 2.79 bits per heavy atom. The molecular formula is C15H13BrO2S. The van der Waals surface area contributed by atoms with Gasteiger partial charge in [-0.1, -0.05) is 6.07 Å². The van der Waals surface area contributed by atoms with Gasteiger partial charge < -0.3 is 4.74 Å². The number of halogens is 1. The van der Waals surface area contributed by atoms with Gasteiger partial charge in [-0.25, -0.2) is 0 Å². The van der Waals surface area contributed by atoms with Crippen molar-refractivity contribution in [3.05, 3.63) is 39.7 Å². The first-order chi connectivity index (χ1) is 9.19. The number of methoxy groups -OCH3 is 1. The van der Waals surface area contributed by atoms with Gasteiger partial charge in [0.25, 0.3) is 0 Å². The lowest BCUT2D eigenvalue weighted by atomic mass is 10.2. The van der Waals surface area contributed by atoms with E-state index in [1.165, 1.54) is 0 Å². The third kappa shape index (κ3) is 2.60. The van der Waals surface area contributed by atoms with Crippen molar-refractivity contribution in [1.82, 2.24) is 0 Å². The van der Waals surface area contributed by atoms with E-state index < -0.39 is 0 Å². The lowest BCUT2D eigenvalue weighted by Crippen LogP contribution is -1.96. The number of carbonyl (C=O) groups is 1. The number of benzene rings is 1. The smallest absolute Gasteiger partial charge is 0.175 e. The van der Waals surface area contributed by atoms with Crippen LogP contribution in [-0.2, 0) is 0 Å². The van der Waals surface area contributed by atoms with Gasteiger partial charge in [-0.05, 0) is 58.6 Å². The molecule has 2 nitrogen and oxygen atoms in total. The summed E-state index contributed by atoms with van der Waals surface area (Å²) in [6.07, 6.45) is 2.11. The molecule has 19 heavy (non-hydrogen) atoms. The van der Waals surface area contributed by atoms with Gasteiger partial charge >= 0.3 is 0 Å². The molecule has 0 amide bonds. The monoisotopic (exact) mass is 336 g/mol. The zero-order valence-electron chi connectivity index (χ0n) is 10.5. The molecule has 0 saturated heterocycles. The molecule has 0 radical (unpaired) electrons. The van der Waals surface area contributed by atoms with E-state index in [4.69, 9.17) is 4.74 Å². The highest BCUT2D eigenvalue weighted by atomic mass is 79.9. The number of rotatable bonds is 4. The third-order valence-electron chi connectivity index (χ3n) is 3.23. The maximum Gasteiger partial charge on any atom is 0.175 e. The maximum absolute atomic E-state index is 12.0. The van der Waals surface area contributed by atoms with Gasteiger partial charge in [0.05, 0.1) is 16.5 Å². The van der Waals surface area contributed by atoms with E-state index in [0.717, 1.165) is 38.4 Å². The Hall–Kier alpha value is -1.13. The Bertz CT molecular complexity index is 629. The van der Waals surface area contributed by atoms with Gasteiger partial charge in [0.1, 0.15) is 5.75 Å². The Balaban J connectivity index is 1.91. The average molecular weight is 337 g/mol. The largest absolute Gasteiger partial charge is 0.496 e. The molecule has 1 aliphatic rings. The van der Waals surface area contributed by atoms with Crippen molar-refractivity contribution in [2.45, 2.75) is 12.8 Å². The molecule has 1 aliphatic carbocycles. The molecule has 3 rings (SSSR count). The summed E-state index contributed by atoms with van der Waals surface area (Å²) in [6.45, 7) is 0. The summed E-state index contributed by atoms with van der Waals surface area (Å²) < 4.78 is 6.24. The second-order valence-electron chi connectivity index (χ2n) is 4.65. The van der Waals surface area contributed by atoms with Crippen LogP contribution < -0.4 is 4.74 Å². The van der Waals surface area contributed by atoms with Gasteiger partial charge in [-0.3, -0.25) is 4.79 Å². The second kappa shape index (κ2) is 5.10. The normalized spacial score (nSPS) is 14.4. The molecular weight excluding hydrogens is 324 g/mol. The van der Waals surface area contributed by atoms with Crippen molar-refractivity contribution in [3.63, 3.8) is 0 Å². The second-order valence-corrected chi connectivity index (χ2v) is 6.59. The number of hydrogen-bond donors (Lipinski definition) is 0. The minimum absolute atomic E-state index is 0.283. The van der Waals surface area contributed by atoms with Crippen LogP contribution in [0.1, 0.15) is 22.5 Å². The van der Waals surface area contributed by atoms with Crippen molar-refractivity contribution in [3.8, 4) is 16.2 Å². The van der Waals surface area contributed by atoms with Crippen LogP contribution in [0.15, 0.2) is 34.8 Å². The van der Waals surface area contributed by atoms with Crippen LogP contribution in [0.25, 0.3) is 10.4 Å². The third-order valence-corrected chi connectivity index (χ3v) is 5.04. The molecule has 0 aliphatic heterocycles. The van der Waals surface area contributed by atoms with Gasteiger partial charge in [-0.15, -0.1) is 11.3 Å². The van der Waals surface area contributed by atoms with E-state index >= 15 is 0 Å². The van der Waals surface area contributed by atoms with Gasteiger partial charge in [0.15, 0.2) is 5.78 Å². The first-order valence-electron chi connectivity index (χ1n) is 6.17. The van der Waals surface area contributed by atoms with Crippen molar-refractivity contribution in [2.75, 3.05) is 7.11 Å². The predicted molar refractivity (Wildman–Crippen MR) is 81.1 cm³/mol. The standard InChI is InChI=1S/C15H13BrO2S/c1-18-12-8-10(4-5-11(12)16)13-6-7-14(19-13)15(17)9-2-3-9/h4-9H,2-3H2,1H3. The summed E-state index contributed by atoms with van der Waals surface area (Å²) in [4.78, 5) is 14.0. The number of ketones is 1. The lowest BCUT2D eigenvalue weighted by Gasteiger charge is -2.05. The molecule has 4 heteroatoms. The van der Waals surface area contributed by atoms with E-state index in [1.54, 1.807) is 18.4 Å². The number of carbonyl (C=O) groups excluding carboxylic acids is 1. The average Bonchev–Trinajstić information content (AvgIpc) is 3.16. The number of ether oxygens (including phenoxy) is 1. The Labute approximate surface area is 124 Å². The zero-order chi connectivity index (χ0) is 13.4. The quantitative estimate of drug-likeness (QED) is 0.751. The summed E-state index contributed by atoms with van der Waals surface area (Å²) in [6, 6.07) is 9.94. The van der Waals surface area contributed by atoms with E-state index in [2.05, 4.69) is 15.9 Å². The van der Waals surface area contributed by atoms with Crippen LogP contribution in [0, 0.1) is 5.92 Å². The lowest BCUT2D eigenvalue weighted by molar-refractivity contribution is 0.0971. The molecule has 1 heterocycles. The number of hydrogen-bond acceptors (Lipinski definition) is 3. The van der Waals surface area contributed by atoms with E-state index in [0.29, 0.717) is 5.78 Å². The summed E-state index contributed by atoms with van der Waals surface area (Å²) in [7, 11) is 1.65. The topological polar surface area (TPSA) is 26.3 Å².